The van der Waals surface area contributed by atoms with Crippen LogP contribution in [-0.2, 0) is 4.79 Å². The monoisotopic (exact) mass is 170 g/mol. The van der Waals surface area contributed by atoms with Gasteiger partial charge in [-0.25, -0.2) is 0 Å². The molecule has 1 rings (SSSR count). The molecule has 1 heterocycles. The maximum absolute atomic E-state index is 11.2. The largest absolute Gasteiger partial charge is 0.354 e. The quantitative estimate of drug-likeness (QED) is 0.560. The van der Waals surface area contributed by atoms with Crippen LogP contribution in [-0.4, -0.2) is 25.0 Å². The molecule has 3 nitrogen and oxygen atoms in total. The average Bonchev–Trinajstić information content (AvgIpc) is 2.02. The lowest BCUT2D eigenvalue weighted by molar-refractivity contribution is -0.121. The summed E-state index contributed by atoms with van der Waals surface area (Å²) < 4.78 is 0. The van der Waals surface area contributed by atoms with Gasteiger partial charge in [0.05, 0.1) is 0 Å². The van der Waals surface area contributed by atoms with Crippen LogP contribution >= 0.6 is 0 Å². The molecular formula is C9H18N2O. The predicted octanol–water partition coefficient (Wildman–Crippen LogP) is 0.655. The smallest absolute Gasteiger partial charge is 0.221 e. The second-order valence-corrected chi connectivity index (χ2v) is 3.46. The molecule has 1 atom stereocenters. The molecule has 0 aliphatic carbocycles. The zero-order chi connectivity index (χ0) is 8.81. The minimum absolute atomic E-state index is 0.178. The molecule has 0 aromatic rings. The Hall–Kier alpha value is -0.570. The number of rotatable bonds is 0. The molecule has 1 aliphatic rings. The van der Waals surface area contributed by atoms with Gasteiger partial charge in [0, 0.05) is 19.0 Å². The molecule has 0 aromatic heterocycles. The minimum atomic E-state index is 0.178. The third-order valence-corrected chi connectivity index (χ3v) is 2.18. The first-order valence-corrected chi connectivity index (χ1v) is 4.79. The summed E-state index contributed by atoms with van der Waals surface area (Å²) in [6.07, 6.45) is 4.15. The Bertz CT molecular complexity index is 147. The first-order valence-electron chi connectivity index (χ1n) is 4.79. The molecule has 3 heteroatoms. The highest BCUT2D eigenvalue weighted by Crippen LogP contribution is 2.01. The van der Waals surface area contributed by atoms with Crippen molar-refractivity contribution in [1.29, 1.82) is 0 Å². The summed E-state index contributed by atoms with van der Waals surface area (Å²) in [5, 5.41) is 6.21. The fourth-order valence-corrected chi connectivity index (χ4v) is 1.45. The van der Waals surface area contributed by atoms with Crippen molar-refractivity contribution in [3.05, 3.63) is 0 Å². The number of nitrogens with one attached hydrogen (secondary N) is 2. The first-order chi connectivity index (χ1) is 5.79. The number of hydrogen-bond acceptors (Lipinski definition) is 2. The summed E-state index contributed by atoms with van der Waals surface area (Å²) in [6, 6.07) is 0.357. The average molecular weight is 170 g/mol. The number of hydrogen-bond donors (Lipinski definition) is 2. The molecule has 70 valence electrons. The van der Waals surface area contributed by atoms with E-state index < -0.39 is 0 Å². The Kier molecular flexibility index (Phi) is 4.08. The van der Waals surface area contributed by atoms with Crippen LogP contribution in [0.15, 0.2) is 0 Å². The van der Waals surface area contributed by atoms with Crippen molar-refractivity contribution in [3.63, 3.8) is 0 Å². The Morgan fingerprint density at radius 2 is 2.17 bits per heavy atom. The van der Waals surface area contributed by atoms with Gasteiger partial charge in [0.2, 0.25) is 5.91 Å². The molecule has 1 fully saturated rings. The highest BCUT2D eigenvalue weighted by molar-refractivity contribution is 5.76. The lowest BCUT2D eigenvalue weighted by atomic mass is 10.1. The van der Waals surface area contributed by atoms with E-state index in [2.05, 4.69) is 17.6 Å². The van der Waals surface area contributed by atoms with Crippen LogP contribution in [0.4, 0.5) is 0 Å². The summed E-state index contributed by atoms with van der Waals surface area (Å²) in [7, 11) is 0. The van der Waals surface area contributed by atoms with Crippen LogP contribution in [0, 0.1) is 0 Å². The van der Waals surface area contributed by atoms with Crippen molar-refractivity contribution in [2.45, 2.75) is 38.6 Å². The van der Waals surface area contributed by atoms with E-state index in [4.69, 9.17) is 0 Å². The summed E-state index contributed by atoms with van der Waals surface area (Å²) in [5.74, 6) is 0.178. The van der Waals surface area contributed by atoms with Gasteiger partial charge in [0.25, 0.3) is 0 Å². The van der Waals surface area contributed by atoms with Gasteiger partial charge in [-0.1, -0.05) is 6.42 Å². The molecule has 12 heavy (non-hydrogen) atoms. The van der Waals surface area contributed by atoms with E-state index in [1.165, 1.54) is 12.8 Å². The predicted molar refractivity (Wildman–Crippen MR) is 48.9 cm³/mol. The van der Waals surface area contributed by atoms with E-state index in [1.54, 1.807) is 0 Å². The van der Waals surface area contributed by atoms with Gasteiger partial charge < -0.3 is 10.6 Å². The number of amides is 1. The lowest BCUT2D eigenvalue weighted by Crippen LogP contribution is -2.35. The zero-order valence-electron chi connectivity index (χ0n) is 7.73. The summed E-state index contributed by atoms with van der Waals surface area (Å²) in [4.78, 5) is 11.2. The molecule has 0 spiro atoms. The molecule has 1 aliphatic heterocycles. The second kappa shape index (κ2) is 5.14. The van der Waals surface area contributed by atoms with Crippen molar-refractivity contribution in [3.8, 4) is 0 Å². The molecule has 1 unspecified atom stereocenters. The fraction of sp³-hybridized carbons (Fsp3) is 0.889. The van der Waals surface area contributed by atoms with Crippen LogP contribution in [0.25, 0.3) is 0 Å². The Labute approximate surface area is 73.9 Å². The van der Waals surface area contributed by atoms with E-state index in [0.29, 0.717) is 12.5 Å². The molecule has 0 bridgehead atoms. The Morgan fingerprint density at radius 3 is 3.00 bits per heavy atom. The highest BCUT2D eigenvalue weighted by Gasteiger charge is 2.07. The van der Waals surface area contributed by atoms with Crippen LogP contribution < -0.4 is 10.6 Å². The van der Waals surface area contributed by atoms with Crippen LogP contribution in [0.1, 0.15) is 32.6 Å². The maximum atomic E-state index is 11.2. The van der Waals surface area contributed by atoms with E-state index in [0.717, 1.165) is 19.5 Å². The second-order valence-electron chi connectivity index (χ2n) is 3.46. The molecule has 0 radical (unpaired) electrons. The van der Waals surface area contributed by atoms with Crippen molar-refractivity contribution in [2.75, 3.05) is 13.1 Å². The molecule has 1 amide bonds. The van der Waals surface area contributed by atoms with Crippen molar-refractivity contribution in [1.82, 2.24) is 10.6 Å². The molecule has 0 aromatic carbocycles. The van der Waals surface area contributed by atoms with E-state index in [9.17, 15) is 4.79 Å². The highest BCUT2D eigenvalue weighted by atomic mass is 16.1. The van der Waals surface area contributed by atoms with Gasteiger partial charge in [-0.2, -0.15) is 0 Å². The van der Waals surface area contributed by atoms with Crippen LogP contribution in [0.2, 0.25) is 0 Å². The van der Waals surface area contributed by atoms with Crippen molar-refractivity contribution < 1.29 is 4.79 Å². The minimum Gasteiger partial charge on any atom is -0.354 e. The lowest BCUT2D eigenvalue weighted by Gasteiger charge is -2.16. The van der Waals surface area contributed by atoms with E-state index >= 15 is 0 Å². The standard InChI is InChI=1S/C9H18N2O/c1-8-4-2-3-6-10-7-5-9(12)11-8/h8,10H,2-7H2,1H3,(H,11,12). The summed E-state index contributed by atoms with van der Waals surface area (Å²) in [6.45, 7) is 3.95. The topological polar surface area (TPSA) is 41.1 Å². The van der Waals surface area contributed by atoms with Gasteiger partial charge in [-0.3, -0.25) is 4.79 Å². The molecular weight excluding hydrogens is 152 g/mol. The molecule has 2 N–H and O–H groups in total. The first kappa shape index (κ1) is 9.52. The zero-order valence-corrected chi connectivity index (χ0v) is 7.73. The van der Waals surface area contributed by atoms with Gasteiger partial charge >= 0.3 is 0 Å². The SMILES string of the molecule is CC1CCCCNCCC(=O)N1. The third-order valence-electron chi connectivity index (χ3n) is 2.18. The number of carbonyl (C=O) groups excluding carboxylic acids is 1. The van der Waals surface area contributed by atoms with Crippen LogP contribution in [0.3, 0.4) is 0 Å². The fourth-order valence-electron chi connectivity index (χ4n) is 1.45. The van der Waals surface area contributed by atoms with E-state index in [-0.39, 0.29) is 5.91 Å². The van der Waals surface area contributed by atoms with Gasteiger partial charge in [-0.15, -0.1) is 0 Å². The number of carbonyl (C=O) groups is 1. The maximum Gasteiger partial charge on any atom is 0.221 e. The van der Waals surface area contributed by atoms with Gasteiger partial charge in [0.15, 0.2) is 0 Å². The van der Waals surface area contributed by atoms with Gasteiger partial charge in [0.1, 0.15) is 0 Å². The molecule has 0 saturated carbocycles. The Morgan fingerprint density at radius 1 is 1.33 bits per heavy atom. The summed E-state index contributed by atoms with van der Waals surface area (Å²) >= 11 is 0. The van der Waals surface area contributed by atoms with Crippen molar-refractivity contribution >= 4 is 5.91 Å². The summed E-state index contributed by atoms with van der Waals surface area (Å²) in [5.41, 5.74) is 0. The Balaban J connectivity index is 2.29. The normalized spacial score (nSPS) is 27.8. The van der Waals surface area contributed by atoms with Gasteiger partial charge in [-0.05, 0) is 26.3 Å². The van der Waals surface area contributed by atoms with E-state index in [1.807, 2.05) is 0 Å². The molecule has 1 saturated heterocycles. The van der Waals surface area contributed by atoms with Crippen molar-refractivity contribution in [2.24, 2.45) is 0 Å². The third kappa shape index (κ3) is 3.72. The van der Waals surface area contributed by atoms with Crippen LogP contribution in [0.5, 0.6) is 0 Å².